The Kier molecular flexibility index (Phi) is 5.29. The Labute approximate surface area is 167 Å². The Bertz CT molecular complexity index is 977. The monoisotopic (exact) mass is 396 g/mol. The summed E-state index contributed by atoms with van der Waals surface area (Å²) in [6.45, 7) is -0.106. The van der Waals surface area contributed by atoms with Gasteiger partial charge < -0.3 is 14.0 Å². The molecule has 7 heteroatoms. The lowest BCUT2D eigenvalue weighted by atomic mass is 9.79. The van der Waals surface area contributed by atoms with E-state index in [4.69, 9.17) is 14.0 Å². The third kappa shape index (κ3) is 3.85. The summed E-state index contributed by atoms with van der Waals surface area (Å²) >= 11 is 0. The molecule has 0 N–H and O–H groups in total. The number of benzene rings is 2. The van der Waals surface area contributed by atoms with E-state index >= 15 is 0 Å². The number of rotatable bonds is 6. The first-order valence-corrected chi connectivity index (χ1v) is 9.51. The van der Waals surface area contributed by atoms with Gasteiger partial charge in [-0.15, -0.1) is 0 Å². The SMILES string of the molecule is COc1ccc(-c2noc(COC(=O)C3(c4ccc(F)cc4)CCCC3)n2)cc1. The Morgan fingerprint density at radius 3 is 2.45 bits per heavy atom. The van der Waals surface area contributed by atoms with Crippen molar-refractivity contribution < 1.29 is 23.2 Å². The van der Waals surface area contributed by atoms with E-state index in [9.17, 15) is 9.18 Å². The predicted octanol–water partition coefficient (Wildman–Crippen LogP) is 4.44. The van der Waals surface area contributed by atoms with Crippen LogP contribution in [-0.2, 0) is 21.6 Å². The van der Waals surface area contributed by atoms with Crippen molar-refractivity contribution in [1.82, 2.24) is 10.1 Å². The summed E-state index contributed by atoms with van der Waals surface area (Å²) in [5, 5.41) is 3.94. The molecule has 0 amide bonds. The third-order valence-electron chi connectivity index (χ3n) is 5.39. The minimum atomic E-state index is -0.744. The molecular formula is C22H21FN2O4. The molecule has 4 rings (SSSR count). The molecule has 29 heavy (non-hydrogen) atoms. The average Bonchev–Trinajstić information content (AvgIpc) is 3.43. The maximum Gasteiger partial charge on any atom is 0.317 e. The van der Waals surface area contributed by atoms with Crippen LogP contribution in [0.4, 0.5) is 4.39 Å². The van der Waals surface area contributed by atoms with Crippen LogP contribution in [0, 0.1) is 5.82 Å². The van der Waals surface area contributed by atoms with Gasteiger partial charge >= 0.3 is 5.97 Å². The van der Waals surface area contributed by atoms with E-state index < -0.39 is 5.41 Å². The molecule has 0 bridgehead atoms. The first-order valence-electron chi connectivity index (χ1n) is 9.51. The quantitative estimate of drug-likeness (QED) is 0.574. The fourth-order valence-corrected chi connectivity index (χ4v) is 3.79. The van der Waals surface area contributed by atoms with E-state index in [1.54, 1.807) is 31.4 Å². The smallest absolute Gasteiger partial charge is 0.317 e. The van der Waals surface area contributed by atoms with Crippen molar-refractivity contribution in [3.63, 3.8) is 0 Å². The molecular weight excluding hydrogens is 375 g/mol. The molecule has 0 atom stereocenters. The van der Waals surface area contributed by atoms with Gasteiger partial charge in [0, 0.05) is 5.56 Å². The lowest BCUT2D eigenvalue weighted by molar-refractivity contribution is -0.152. The molecule has 1 aromatic heterocycles. The van der Waals surface area contributed by atoms with Crippen LogP contribution in [0.3, 0.4) is 0 Å². The van der Waals surface area contributed by atoms with Gasteiger partial charge in [-0.05, 0) is 54.8 Å². The molecule has 6 nitrogen and oxygen atoms in total. The van der Waals surface area contributed by atoms with Crippen LogP contribution in [0.5, 0.6) is 5.75 Å². The zero-order chi connectivity index (χ0) is 20.3. The van der Waals surface area contributed by atoms with Crippen molar-refractivity contribution in [2.24, 2.45) is 0 Å². The highest BCUT2D eigenvalue weighted by Crippen LogP contribution is 2.42. The highest BCUT2D eigenvalue weighted by Gasteiger charge is 2.44. The second-order valence-electron chi connectivity index (χ2n) is 7.11. The highest BCUT2D eigenvalue weighted by atomic mass is 19.1. The van der Waals surface area contributed by atoms with E-state index in [2.05, 4.69) is 10.1 Å². The summed E-state index contributed by atoms with van der Waals surface area (Å²) in [6, 6.07) is 13.3. The van der Waals surface area contributed by atoms with Crippen molar-refractivity contribution in [1.29, 1.82) is 0 Å². The van der Waals surface area contributed by atoms with Gasteiger partial charge in [0.2, 0.25) is 5.82 Å². The summed E-state index contributed by atoms with van der Waals surface area (Å²) in [5.74, 6) is 0.691. The molecule has 0 spiro atoms. The van der Waals surface area contributed by atoms with Gasteiger partial charge in [0.25, 0.3) is 5.89 Å². The lowest BCUT2D eigenvalue weighted by Gasteiger charge is -2.26. The van der Waals surface area contributed by atoms with Crippen LogP contribution in [0.1, 0.15) is 37.1 Å². The minimum Gasteiger partial charge on any atom is -0.497 e. The minimum absolute atomic E-state index is 0.106. The first-order chi connectivity index (χ1) is 14.1. The van der Waals surface area contributed by atoms with Crippen molar-refractivity contribution in [2.45, 2.75) is 37.7 Å². The largest absolute Gasteiger partial charge is 0.497 e. The van der Waals surface area contributed by atoms with Crippen LogP contribution in [-0.4, -0.2) is 23.2 Å². The molecule has 0 radical (unpaired) electrons. The fraction of sp³-hybridized carbons (Fsp3) is 0.318. The van der Waals surface area contributed by atoms with Gasteiger partial charge in [-0.3, -0.25) is 4.79 Å². The van der Waals surface area contributed by atoms with Gasteiger partial charge in [0.15, 0.2) is 6.61 Å². The number of esters is 1. The summed E-state index contributed by atoms with van der Waals surface area (Å²) in [6.07, 6.45) is 3.21. The Hall–Kier alpha value is -3.22. The van der Waals surface area contributed by atoms with Crippen LogP contribution in [0.2, 0.25) is 0 Å². The van der Waals surface area contributed by atoms with E-state index in [1.165, 1.54) is 12.1 Å². The summed E-state index contributed by atoms with van der Waals surface area (Å²) in [4.78, 5) is 17.2. The van der Waals surface area contributed by atoms with Gasteiger partial charge in [-0.2, -0.15) is 4.98 Å². The molecule has 1 saturated carbocycles. The molecule has 3 aromatic rings. The number of halogens is 1. The third-order valence-corrected chi connectivity index (χ3v) is 5.39. The molecule has 0 unspecified atom stereocenters. The van der Waals surface area contributed by atoms with E-state index in [-0.39, 0.29) is 24.3 Å². The predicted molar refractivity (Wildman–Crippen MR) is 103 cm³/mol. The van der Waals surface area contributed by atoms with Crippen LogP contribution >= 0.6 is 0 Å². The van der Waals surface area contributed by atoms with Gasteiger partial charge in [0.1, 0.15) is 11.6 Å². The fourth-order valence-electron chi connectivity index (χ4n) is 3.79. The zero-order valence-corrected chi connectivity index (χ0v) is 16.1. The second-order valence-corrected chi connectivity index (χ2v) is 7.11. The normalized spacial score (nSPS) is 15.2. The van der Waals surface area contributed by atoms with Crippen molar-refractivity contribution in [3.8, 4) is 17.1 Å². The lowest BCUT2D eigenvalue weighted by Crippen LogP contribution is -2.34. The summed E-state index contributed by atoms with van der Waals surface area (Å²) in [5.41, 5.74) is 0.809. The maximum absolute atomic E-state index is 13.3. The highest BCUT2D eigenvalue weighted by molar-refractivity contribution is 5.83. The number of ether oxygens (including phenoxy) is 2. The molecule has 1 fully saturated rings. The van der Waals surface area contributed by atoms with Crippen molar-refractivity contribution in [2.75, 3.05) is 7.11 Å². The summed E-state index contributed by atoms with van der Waals surface area (Å²) < 4.78 is 29.2. The number of carbonyl (C=O) groups is 1. The van der Waals surface area contributed by atoms with Crippen LogP contribution in [0.15, 0.2) is 53.1 Å². The van der Waals surface area contributed by atoms with Crippen molar-refractivity contribution >= 4 is 5.97 Å². The number of methoxy groups -OCH3 is 1. The average molecular weight is 396 g/mol. The van der Waals surface area contributed by atoms with Gasteiger partial charge in [-0.1, -0.05) is 30.1 Å². The van der Waals surface area contributed by atoms with Gasteiger partial charge in [-0.25, -0.2) is 4.39 Å². The van der Waals surface area contributed by atoms with Crippen LogP contribution in [0.25, 0.3) is 11.4 Å². The number of hydrogen-bond acceptors (Lipinski definition) is 6. The molecule has 0 saturated heterocycles. The summed E-state index contributed by atoms with van der Waals surface area (Å²) in [7, 11) is 1.60. The Morgan fingerprint density at radius 1 is 1.10 bits per heavy atom. The molecule has 1 heterocycles. The molecule has 1 aliphatic carbocycles. The number of aromatic nitrogens is 2. The molecule has 1 aliphatic rings. The van der Waals surface area contributed by atoms with E-state index in [0.717, 1.165) is 29.7 Å². The molecule has 150 valence electrons. The standard InChI is InChI=1S/C22H21FN2O4/c1-27-18-10-4-15(5-11-18)20-24-19(29-25-20)14-28-21(26)22(12-2-3-13-22)16-6-8-17(23)9-7-16/h4-11H,2-3,12-14H2,1H3. The number of hydrogen-bond donors (Lipinski definition) is 0. The number of carbonyl (C=O) groups excluding carboxylic acids is 1. The Morgan fingerprint density at radius 2 is 1.79 bits per heavy atom. The van der Waals surface area contributed by atoms with E-state index in [1.807, 2.05) is 12.1 Å². The maximum atomic E-state index is 13.3. The number of nitrogens with zero attached hydrogens (tertiary/aromatic N) is 2. The van der Waals surface area contributed by atoms with E-state index in [0.29, 0.717) is 18.7 Å². The molecule has 0 aliphatic heterocycles. The zero-order valence-electron chi connectivity index (χ0n) is 16.1. The van der Waals surface area contributed by atoms with Crippen LogP contribution < -0.4 is 4.74 Å². The second kappa shape index (κ2) is 8.03. The molecule has 2 aromatic carbocycles. The van der Waals surface area contributed by atoms with Crippen molar-refractivity contribution in [3.05, 3.63) is 65.8 Å². The Balaban J connectivity index is 1.46. The first kappa shape index (κ1) is 19.1. The topological polar surface area (TPSA) is 74.5 Å². The van der Waals surface area contributed by atoms with Gasteiger partial charge in [0.05, 0.1) is 12.5 Å².